The first-order chi connectivity index (χ1) is 12.0. The van der Waals surface area contributed by atoms with Crippen LogP contribution in [0.25, 0.3) is 0 Å². The van der Waals surface area contributed by atoms with Crippen molar-refractivity contribution in [3.8, 4) is 0 Å². The van der Waals surface area contributed by atoms with Gasteiger partial charge in [0, 0.05) is 22.8 Å². The Morgan fingerprint density at radius 2 is 1.72 bits per heavy atom. The van der Waals surface area contributed by atoms with Crippen molar-refractivity contribution in [1.29, 1.82) is 0 Å². The Labute approximate surface area is 148 Å². The van der Waals surface area contributed by atoms with E-state index in [0.717, 1.165) is 10.5 Å². The molecule has 0 aliphatic heterocycles. The number of hydrogen-bond acceptors (Lipinski definition) is 7. The highest BCUT2D eigenvalue weighted by atomic mass is 32.2. The van der Waals surface area contributed by atoms with E-state index in [9.17, 15) is 19.7 Å². The van der Waals surface area contributed by atoms with Gasteiger partial charge in [-0.1, -0.05) is 12.1 Å². The maximum absolute atomic E-state index is 11.7. The SMILES string of the molecule is CCOC(=O)OC(=O)c1ccc(CSc2ccc([N+](=O)[O-])cc2)cc1. The van der Waals surface area contributed by atoms with Crippen molar-refractivity contribution in [2.24, 2.45) is 0 Å². The molecule has 0 saturated heterocycles. The first-order valence-corrected chi connectivity index (χ1v) is 8.33. The second-order valence-corrected chi connectivity index (χ2v) is 5.86. The van der Waals surface area contributed by atoms with Crippen molar-refractivity contribution in [2.45, 2.75) is 17.6 Å². The summed E-state index contributed by atoms with van der Waals surface area (Å²) in [4.78, 5) is 33.9. The van der Waals surface area contributed by atoms with Crippen LogP contribution in [0.3, 0.4) is 0 Å². The van der Waals surface area contributed by atoms with Crippen molar-refractivity contribution >= 4 is 29.6 Å². The van der Waals surface area contributed by atoms with Gasteiger partial charge in [0.15, 0.2) is 0 Å². The fourth-order valence-corrected chi connectivity index (χ4v) is 2.70. The van der Waals surface area contributed by atoms with Crippen LogP contribution in [0.2, 0.25) is 0 Å². The third-order valence-electron chi connectivity index (χ3n) is 3.08. The van der Waals surface area contributed by atoms with Crippen LogP contribution in [0.5, 0.6) is 0 Å². The molecule has 7 nitrogen and oxygen atoms in total. The molecule has 0 fully saturated rings. The van der Waals surface area contributed by atoms with Crippen LogP contribution in [0, 0.1) is 10.1 Å². The summed E-state index contributed by atoms with van der Waals surface area (Å²) >= 11 is 1.51. The van der Waals surface area contributed by atoms with Crippen LogP contribution >= 0.6 is 11.8 Å². The van der Waals surface area contributed by atoms with Crippen LogP contribution in [0.15, 0.2) is 53.4 Å². The molecule has 0 unspecified atom stereocenters. The minimum atomic E-state index is -1.02. The second kappa shape index (κ2) is 8.84. The maximum atomic E-state index is 11.7. The molecular weight excluding hydrogens is 346 g/mol. The number of thioether (sulfide) groups is 1. The summed E-state index contributed by atoms with van der Waals surface area (Å²) in [6.07, 6.45) is -1.02. The zero-order valence-corrected chi connectivity index (χ0v) is 14.2. The van der Waals surface area contributed by atoms with Crippen molar-refractivity contribution in [3.05, 3.63) is 69.8 Å². The number of carbonyl (C=O) groups excluding carboxylic acids is 2. The summed E-state index contributed by atoms with van der Waals surface area (Å²) in [5.74, 6) is -0.140. The van der Waals surface area contributed by atoms with Crippen LogP contribution in [0.1, 0.15) is 22.8 Å². The number of hydrogen-bond donors (Lipinski definition) is 0. The summed E-state index contributed by atoms with van der Waals surface area (Å²) in [5.41, 5.74) is 1.25. The zero-order valence-electron chi connectivity index (χ0n) is 13.3. The first-order valence-electron chi connectivity index (χ1n) is 7.34. The summed E-state index contributed by atoms with van der Waals surface area (Å²) in [6, 6.07) is 12.9. The van der Waals surface area contributed by atoms with E-state index in [1.807, 2.05) is 0 Å². The topological polar surface area (TPSA) is 95.7 Å². The van der Waals surface area contributed by atoms with Gasteiger partial charge in [0.25, 0.3) is 5.69 Å². The molecule has 0 aliphatic rings. The molecule has 0 heterocycles. The number of carbonyl (C=O) groups is 2. The van der Waals surface area contributed by atoms with Gasteiger partial charge in [-0.25, -0.2) is 9.59 Å². The van der Waals surface area contributed by atoms with E-state index in [1.165, 1.54) is 23.9 Å². The van der Waals surface area contributed by atoms with Crippen LogP contribution in [0.4, 0.5) is 10.5 Å². The lowest BCUT2D eigenvalue weighted by Gasteiger charge is -2.05. The van der Waals surface area contributed by atoms with E-state index in [4.69, 9.17) is 0 Å². The molecule has 130 valence electrons. The summed E-state index contributed by atoms with van der Waals surface area (Å²) in [5, 5.41) is 10.6. The predicted molar refractivity (Wildman–Crippen MR) is 91.5 cm³/mol. The number of ether oxygens (including phenoxy) is 2. The Kier molecular flexibility index (Phi) is 6.53. The summed E-state index contributed by atoms with van der Waals surface area (Å²) < 4.78 is 9.06. The predicted octanol–water partition coefficient (Wildman–Crippen LogP) is 4.20. The number of esters is 1. The average molecular weight is 361 g/mol. The lowest BCUT2D eigenvalue weighted by Crippen LogP contribution is -2.13. The lowest BCUT2D eigenvalue weighted by molar-refractivity contribution is -0.384. The number of non-ortho nitro benzene ring substituents is 1. The Bertz CT molecular complexity index is 758. The van der Waals surface area contributed by atoms with Gasteiger partial charge >= 0.3 is 12.1 Å². The number of rotatable bonds is 6. The first kappa shape index (κ1) is 18.5. The molecule has 0 amide bonds. The second-order valence-electron chi connectivity index (χ2n) is 4.81. The van der Waals surface area contributed by atoms with Gasteiger partial charge in [0.1, 0.15) is 0 Å². The Morgan fingerprint density at radius 3 is 2.28 bits per heavy atom. The average Bonchev–Trinajstić information content (AvgIpc) is 2.61. The van der Waals surface area contributed by atoms with E-state index in [-0.39, 0.29) is 17.9 Å². The van der Waals surface area contributed by atoms with Crippen LogP contribution < -0.4 is 0 Å². The highest BCUT2D eigenvalue weighted by Crippen LogP contribution is 2.25. The molecule has 0 saturated carbocycles. The third kappa shape index (κ3) is 5.61. The summed E-state index contributed by atoms with van der Waals surface area (Å²) in [7, 11) is 0. The Balaban J connectivity index is 1.90. The van der Waals surface area contributed by atoms with E-state index < -0.39 is 17.0 Å². The molecular formula is C17H15NO6S. The molecule has 0 radical (unpaired) electrons. The minimum Gasteiger partial charge on any atom is -0.434 e. The van der Waals surface area contributed by atoms with Gasteiger partial charge in [0.05, 0.1) is 17.1 Å². The van der Waals surface area contributed by atoms with Crippen molar-refractivity contribution < 1.29 is 24.0 Å². The van der Waals surface area contributed by atoms with Crippen molar-refractivity contribution in [1.82, 2.24) is 0 Å². The maximum Gasteiger partial charge on any atom is 0.516 e. The van der Waals surface area contributed by atoms with Crippen molar-refractivity contribution in [3.63, 3.8) is 0 Å². The van der Waals surface area contributed by atoms with E-state index >= 15 is 0 Å². The third-order valence-corrected chi connectivity index (χ3v) is 4.16. The van der Waals surface area contributed by atoms with E-state index in [0.29, 0.717) is 5.75 Å². The Morgan fingerprint density at radius 1 is 1.08 bits per heavy atom. The highest BCUT2D eigenvalue weighted by Gasteiger charge is 2.13. The number of nitrogens with zero attached hydrogens (tertiary/aromatic N) is 1. The molecule has 2 rings (SSSR count). The van der Waals surface area contributed by atoms with Gasteiger partial charge in [-0.15, -0.1) is 11.8 Å². The molecule has 25 heavy (non-hydrogen) atoms. The molecule has 2 aromatic carbocycles. The highest BCUT2D eigenvalue weighted by molar-refractivity contribution is 7.98. The minimum absolute atomic E-state index is 0.0498. The molecule has 2 aromatic rings. The quantitative estimate of drug-likeness (QED) is 0.250. The number of benzene rings is 2. The summed E-state index contributed by atoms with van der Waals surface area (Å²) in [6.45, 7) is 1.74. The Hall–Kier alpha value is -2.87. The molecule has 0 N–H and O–H groups in total. The molecule has 0 spiro atoms. The zero-order chi connectivity index (χ0) is 18.2. The van der Waals surface area contributed by atoms with Crippen LogP contribution in [-0.4, -0.2) is 23.7 Å². The fourth-order valence-electron chi connectivity index (χ4n) is 1.85. The number of nitro groups is 1. The fraction of sp³-hybridized carbons (Fsp3) is 0.176. The molecule has 8 heteroatoms. The van der Waals surface area contributed by atoms with Gasteiger partial charge < -0.3 is 9.47 Å². The monoisotopic (exact) mass is 361 g/mol. The van der Waals surface area contributed by atoms with Gasteiger partial charge in [-0.05, 0) is 36.8 Å². The standard InChI is InChI=1S/C17H15NO6S/c1-2-23-17(20)24-16(19)13-5-3-12(4-6-13)11-25-15-9-7-14(8-10-15)18(21)22/h3-10H,2,11H2,1H3. The van der Waals surface area contributed by atoms with Gasteiger partial charge in [-0.2, -0.15) is 0 Å². The largest absolute Gasteiger partial charge is 0.516 e. The van der Waals surface area contributed by atoms with Crippen molar-refractivity contribution in [2.75, 3.05) is 6.61 Å². The van der Waals surface area contributed by atoms with Crippen LogP contribution in [-0.2, 0) is 15.2 Å². The normalized spacial score (nSPS) is 10.1. The molecule has 0 aliphatic carbocycles. The molecule has 0 aromatic heterocycles. The lowest BCUT2D eigenvalue weighted by atomic mass is 10.1. The van der Waals surface area contributed by atoms with Gasteiger partial charge in [-0.3, -0.25) is 10.1 Å². The van der Waals surface area contributed by atoms with E-state index in [1.54, 1.807) is 43.3 Å². The smallest absolute Gasteiger partial charge is 0.434 e. The van der Waals surface area contributed by atoms with E-state index in [2.05, 4.69) is 9.47 Å². The van der Waals surface area contributed by atoms with Gasteiger partial charge in [0.2, 0.25) is 0 Å². The molecule has 0 bridgehead atoms. The number of nitro benzene ring substituents is 1. The molecule has 0 atom stereocenters.